The number of hydrogen-bond acceptors (Lipinski definition) is 9. The number of likely N-dealkylation sites (N-methyl/N-ethyl adjacent to an activating group) is 1. The summed E-state index contributed by atoms with van der Waals surface area (Å²) in [6.07, 6.45) is 51.6. The van der Waals surface area contributed by atoms with E-state index >= 15 is 0 Å². The summed E-state index contributed by atoms with van der Waals surface area (Å²) >= 11 is 0. The second-order valence-electron chi connectivity index (χ2n) is 15.9. The molecule has 61 heavy (non-hydrogen) atoms. The normalized spacial score (nSPS) is 15.1. The van der Waals surface area contributed by atoms with Crippen LogP contribution in [0.5, 0.6) is 0 Å². The van der Waals surface area contributed by atoms with Gasteiger partial charge in [0, 0.05) is 12.8 Å². The standard InChI is InChI=1S/C50H82NO9P/c1-6-8-10-12-14-16-17-18-19-20-21-22-23-24-25-27-29-33-37-41-49(53)57-45-48(46-59-61(55,56)58-44-43-51(3,4)5)60-50(54)42-38-34-30-32-36-40-47(52)39-35-31-28-26-15-13-11-9-7-2/h14-16,18-19,21-22,24-26,29-33,35-36,40,47-48,52H,6-13,17,20,23,27-28,34,37-39,41-46H2,1-5H3/b16-14-,19-18-,22-21-,25-24-,26-15-,32-30+,33-29-,35-31-,40-36-/t47?,48-/m1/s1. The van der Waals surface area contributed by atoms with Crippen LogP contribution in [0.1, 0.15) is 136 Å². The van der Waals surface area contributed by atoms with E-state index in [9.17, 15) is 24.2 Å². The van der Waals surface area contributed by atoms with Gasteiger partial charge in [0.1, 0.15) is 19.8 Å². The number of allylic oxidation sites excluding steroid dienone is 16. The van der Waals surface area contributed by atoms with Crippen LogP contribution in [-0.4, -0.2) is 81.2 Å². The number of carbonyl (C=O) groups excluding carboxylic acids is 2. The fourth-order valence-corrected chi connectivity index (χ4v) is 5.97. The van der Waals surface area contributed by atoms with Gasteiger partial charge in [-0.05, 0) is 83.5 Å². The number of nitrogens with zero attached hydrogens (tertiary/aromatic N) is 1. The molecule has 0 aliphatic rings. The fraction of sp³-hybridized carbons (Fsp3) is 0.600. The van der Waals surface area contributed by atoms with Crippen LogP contribution >= 0.6 is 7.82 Å². The maximum absolute atomic E-state index is 12.7. The van der Waals surface area contributed by atoms with Gasteiger partial charge in [-0.2, -0.15) is 0 Å². The lowest BCUT2D eigenvalue weighted by Crippen LogP contribution is -2.37. The molecule has 2 unspecified atom stereocenters. The first-order valence-corrected chi connectivity index (χ1v) is 24.2. The van der Waals surface area contributed by atoms with E-state index in [1.165, 1.54) is 44.9 Å². The van der Waals surface area contributed by atoms with E-state index in [0.717, 1.165) is 38.5 Å². The Labute approximate surface area is 370 Å². The highest BCUT2D eigenvalue weighted by molar-refractivity contribution is 7.45. The summed E-state index contributed by atoms with van der Waals surface area (Å²) in [5.74, 6) is -1.07. The molecule has 0 aromatic rings. The van der Waals surface area contributed by atoms with E-state index in [0.29, 0.717) is 36.7 Å². The van der Waals surface area contributed by atoms with Gasteiger partial charge in [-0.3, -0.25) is 14.2 Å². The second-order valence-corrected chi connectivity index (χ2v) is 17.3. The molecule has 0 aliphatic heterocycles. The van der Waals surface area contributed by atoms with Crippen LogP contribution in [0.2, 0.25) is 0 Å². The summed E-state index contributed by atoms with van der Waals surface area (Å²) in [6.45, 7) is 3.88. The Morgan fingerprint density at radius 2 is 1.11 bits per heavy atom. The average Bonchev–Trinajstić information content (AvgIpc) is 3.21. The maximum atomic E-state index is 12.7. The van der Waals surface area contributed by atoms with Gasteiger partial charge in [0.2, 0.25) is 0 Å². The number of aliphatic hydroxyl groups excluding tert-OH is 1. The average molecular weight is 872 g/mol. The van der Waals surface area contributed by atoms with Gasteiger partial charge in [-0.1, -0.05) is 149 Å². The van der Waals surface area contributed by atoms with Gasteiger partial charge in [-0.25, -0.2) is 0 Å². The van der Waals surface area contributed by atoms with E-state index < -0.39 is 38.6 Å². The third kappa shape index (κ3) is 44.5. The van der Waals surface area contributed by atoms with Crippen molar-refractivity contribution in [1.82, 2.24) is 0 Å². The van der Waals surface area contributed by atoms with Gasteiger partial charge >= 0.3 is 11.9 Å². The lowest BCUT2D eigenvalue weighted by molar-refractivity contribution is -0.870. The smallest absolute Gasteiger partial charge is 0.306 e. The number of unbranched alkanes of at least 4 members (excludes halogenated alkanes) is 7. The highest BCUT2D eigenvalue weighted by atomic mass is 31.2. The van der Waals surface area contributed by atoms with Crippen LogP contribution in [0, 0.1) is 0 Å². The number of carbonyl (C=O) groups is 2. The minimum absolute atomic E-state index is 0.0677. The van der Waals surface area contributed by atoms with Crippen molar-refractivity contribution < 1.29 is 47.2 Å². The minimum Gasteiger partial charge on any atom is -0.756 e. The zero-order valence-corrected chi connectivity index (χ0v) is 39.3. The summed E-state index contributed by atoms with van der Waals surface area (Å²) in [5, 5.41) is 10.2. The Bertz CT molecular complexity index is 1420. The van der Waals surface area contributed by atoms with Gasteiger partial charge in [0.25, 0.3) is 7.82 Å². The summed E-state index contributed by atoms with van der Waals surface area (Å²) in [7, 11) is 1.02. The fourth-order valence-electron chi connectivity index (χ4n) is 5.24. The van der Waals surface area contributed by atoms with Crippen molar-refractivity contribution >= 4 is 19.8 Å². The molecule has 0 saturated carbocycles. The van der Waals surface area contributed by atoms with Crippen LogP contribution in [-0.2, 0) is 32.7 Å². The zero-order chi connectivity index (χ0) is 45.1. The number of ether oxygens (including phenoxy) is 2. The summed E-state index contributed by atoms with van der Waals surface area (Å²) < 4.78 is 33.7. The Hall–Kier alpha value is -3.37. The molecule has 0 rings (SSSR count). The summed E-state index contributed by atoms with van der Waals surface area (Å²) in [5.41, 5.74) is 0. The topological polar surface area (TPSA) is 131 Å². The molecule has 10 nitrogen and oxygen atoms in total. The lowest BCUT2D eigenvalue weighted by atomic mass is 10.2. The van der Waals surface area contributed by atoms with E-state index in [1.54, 1.807) is 12.2 Å². The molecule has 0 saturated heterocycles. The molecule has 0 aromatic heterocycles. The van der Waals surface area contributed by atoms with Crippen LogP contribution < -0.4 is 4.89 Å². The summed E-state index contributed by atoms with van der Waals surface area (Å²) in [4.78, 5) is 37.5. The van der Waals surface area contributed by atoms with Crippen LogP contribution in [0.25, 0.3) is 0 Å². The lowest BCUT2D eigenvalue weighted by Gasteiger charge is -2.28. The number of phosphoric acid groups is 1. The van der Waals surface area contributed by atoms with Crippen molar-refractivity contribution in [1.29, 1.82) is 0 Å². The van der Waals surface area contributed by atoms with Crippen molar-refractivity contribution in [2.24, 2.45) is 0 Å². The number of phosphoric ester groups is 1. The number of quaternary nitrogens is 1. The molecule has 1 N–H and O–H groups in total. The Morgan fingerprint density at radius 3 is 1.66 bits per heavy atom. The van der Waals surface area contributed by atoms with Crippen LogP contribution in [0.15, 0.2) is 109 Å². The molecule has 11 heteroatoms. The number of hydrogen-bond donors (Lipinski definition) is 1. The van der Waals surface area contributed by atoms with Crippen molar-refractivity contribution in [2.45, 2.75) is 148 Å². The zero-order valence-electron chi connectivity index (χ0n) is 38.4. The maximum Gasteiger partial charge on any atom is 0.306 e. The van der Waals surface area contributed by atoms with Crippen LogP contribution in [0.4, 0.5) is 0 Å². The van der Waals surface area contributed by atoms with Crippen LogP contribution in [0.3, 0.4) is 0 Å². The largest absolute Gasteiger partial charge is 0.756 e. The van der Waals surface area contributed by atoms with E-state index in [4.69, 9.17) is 18.5 Å². The minimum atomic E-state index is -4.69. The molecule has 346 valence electrons. The predicted octanol–water partition coefficient (Wildman–Crippen LogP) is 11.5. The number of aliphatic hydroxyl groups is 1. The molecule has 0 spiro atoms. The Balaban J connectivity index is 4.66. The number of esters is 2. The van der Waals surface area contributed by atoms with Crippen molar-refractivity contribution in [2.75, 3.05) is 47.5 Å². The van der Waals surface area contributed by atoms with Crippen molar-refractivity contribution in [3.05, 3.63) is 109 Å². The molecule has 0 amide bonds. The molecule has 0 fully saturated rings. The molecule has 0 aromatic carbocycles. The monoisotopic (exact) mass is 872 g/mol. The molecule has 0 radical (unpaired) electrons. The van der Waals surface area contributed by atoms with Gasteiger partial charge in [0.05, 0.1) is 33.9 Å². The van der Waals surface area contributed by atoms with Gasteiger partial charge in [-0.15, -0.1) is 0 Å². The van der Waals surface area contributed by atoms with Crippen molar-refractivity contribution in [3.63, 3.8) is 0 Å². The van der Waals surface area contributed by atoms with Gasteiger partial charge in [0.15, 0.2) is 6.10 Å². The first kappa shape index (κ1) is 57.6. The van der Waals surface area contributed by atoms with E-state index in [-0.39, 0.29) is 26.1 Å². The van der Waals surface area contributed by atoms with E-state index in [1.807, 2.05) is 51.5 Å². The molecule has 0 aliphatic carbocycles. The Kier molecular flexibility index (Phi) is 38.4. The second kappa shape index (κ2) is 40.7. The SMILES string of the molecule is CCCCC/C=C\C/C=C\C/C=C\C/C=C\C/C=C\CCC(=O)OC[C@H](COP(=O)([O-])OCC[N+](C)(C)C)OC(=O)CCC/C=C/C=C\C(O)C/C=C\C/C=C\CCCCC. The molecular formula is C50H82NO9P. The van der Waals surface area contributed by atoms with Gasteiger partial charge < -0.3 is 33.0 Å². The molecular weight excluding hydrogens is 790 g/mol. The quantitative estimate of drug-likeness (QED) is 0.0160. The summed E-state index contributed by atoms with van der Waals surface area (Å²) in [6, 6.07) is 0. The first-order valence-electron chi connectivity index (χ1n) is 22.7. The molecule has 3 atom stereocenters. The molecule has 0 bridgehead atoms. The van der Waals surface area contributed by atoms with Crippen molar-refractivity contribution in [3.8, 4) is 0 Å². The number of rotatable bonds is 39. The third-order valence-corrected chi connectivity index (χ3v) is 9.82. The molecule has 0 heterocycles. The van der Waals surface area contributed by atoms with E-state index in [2.05, 4.69) is 80.7 Å². The predicted molar refractivity (Wildman–Crippen MR) is 251 cm³/mol. The highest BCUT2D eigenvalue weighted by Crippen LogP contribution is 2.38. The first-order chi connectivity index (χ1) is 29.4. The Morgan fingerprint density at radius 1 is 0.607 bits per heavy atom. The highest BCUT2D eigenvalue weighted by Gasteiger charge is 2.21. The third-order valence-electron chi connectivity index (χ3n) is 8.86.